The first-order chi connectivity index (χ1) is 10.2. The number of hydrogen-bond donors (Lipinski definition) is 0. The molecule has 0 bridgehead atoms. The minimum atomic E-state index is -0.00967. The molecule has 0 aromatic heterocycles. The number of carbonyl (C=O) groups excluding carboxylic acids is 1. The Kier molecular flexibility index (Phi) is 5.80. The molecule has 1 fully saturated rings. The van der Waals surface area contributed by atoms with Gasteiger partial charge in [-0.1, -0.05) is 37.3 Å². The van der Waals surface area contributed by atoms with Gasteiger partial charge in [0.05, 0.1) is 19.1 Å². The van der Waals surface area contributed by atoms with E-state index in [-0.39, 0.29) is 17.3 Å². The van der Waals surface area contributed by atoms with E-state index in [1.807, 2.05) is 25.1 Å². The quantitative estimate of drug-likeness (QED) is 0.510. The summed E-state index contributed by atoms with van der Waals surface area (Å²) in [5, 5.41) is 0. The van der Waals surface area contributed by atoms with Gasteiger partial charge >= 0.3 is 5.97 Å². The summed E-state index contributed by atoms with van der Waals surface area (Å²) in [6.07, 6.45) is 4.11. The molecule has 3 heteroatoms. The summed E-state index contributed by atoms with van der Waals surface area (Å²) in [5.74, 6) is 0.112. The maximum atomic E-state index is 11.8. The fourth-order valence-corrected chi connectivity index (χ4v) is 3.06. The van der Waals surface area contributed by atoms with Gasteiger partial charge in [0.2, 0.25) is 0 Å². The lowest BCUT2D eigenvalue weighted by Crippen LogP contribution is -2.14. The average molecular weight is 290 g/mol. The molecule has 0 heterocycles. The molecular formula is C18H26O3. The van der Waals surface area contributed by atoms with Crippen LogP contribution in [-0.2, 0) is 20.9 Å². The Bertz CT molecular complexity index is 443. The van der Waals surface area contributed by atoms with E-state index in [1.165, 1.54) is 5.56 Å². The minimum Gasteiger partial charge on any atom is -0.466 e. The van der Waals surface area contributed by atoms with Crippen LogP contribution >= 0.6 is 0 Å². The van der Waals surface area contributed by atoms with E-state index in [9.17, 15) is 4.79 Å². The Morgan fingerprint density at radius 1 is 1.29 bits per heavy atom. The zero-order valence-corrected chi connectivity index (χ0v) is 13.1. The molecule has 21 heavy (non-hydrogen) atoms. The zero-order valence-electron chi connectivity index (χ0n) is 13.1. The van der Waals surface area contributed by atoms with Gasteiger partial charge in [0.25, 0.3) is 0 Å². The number of carbonyl (C=O) groups is 1. The maximum absolute atomic E-state index is 11.8. The fraction of sp³-hybridized carbons (Fsp3) is 0.611. The van der Waals surface area contributed by atoms with E-state index >= 15 is 0 Å². The van der Waals surface area contributed by atoms with E-state index in [0.29, 0.717) is 13.2 Å². The first-order valence-electron chi connectivity index (χ1n) is 8.00. The molecule has 3 nitrogen and oxygen atoms in total. The van der Waals surface area contributed by atoms with Crippen LogP contribution in [-0.4, -0.2) is 19.2 Å². The van der Waals surface area contributed by atoms with Gasteiger partial charge in [-0.15, -0.1) is 0 Å². The molecule has 2 unspecified atom stereocenters. The highest BCUT2D eigenvalue weighted by atomic mass is 16.5. The van der Waals surface area contributed by atoms with Crippen molar-refractivity contribution in [3.8, 4) is 0 Å². The van der Waals surface area contributed by atoms with Crippen LogP contribution in [0.5, 0.6) is 0 Å². The topological polar surface area (TPSA) is 35.5 Å². The van der Waals surface area contributed by atoms with Crippen LogP contribution in [0.1, 0.15) is 45.1 Å². The lowest BCUT2D eigenvalue weighted by atomic mass is 9.94. The van der Waals surface area contributed by atoms with Crippen molar-refractivity contribution in [2.45, 2.75) is 46.1 Å². The molecule has 0 radical (unpaired) electrons. The smallest absolute Gasteiger partial charge is 0.309 e. The minimum absolute atomic E-state index is 0.00967. The summed E-state index contributed by atoms with van der Waals surface area (Å²) in [7, 11) is 0. The maximum Gasteiger partial charge on any atom is 0.309 e. The van der Waals surface area contributed by atoms with Gasteiger partial charge < -0.3 is 9.47 Å². The van der Waals surface area contributed by atoms with Gasteiger partial charge in [-0.2, -0.15) is 0 Å². The first kappa shape index (κ1) is 16.0. The molecule has 1 aliphatic carbocycles. The Hall–Kier alpha value is -1.35. The summed E-state index contributed by atoms with van der Waals surface area (Å²) in [6, 6.07) is 10.2. The van der Waals surface area contributed by atoms with Crippen molar-refractivity contribution in [1.82, 2.24) is 0 Å². The SMILES string of the molecule is CCOC(=O)C1CC1(CC)CCCOCc1ccccc1. The summed E-state index contributed by atoms with van der Waals surface area (Å²) in [4.78, 5) is 11.8. The number of benzene rings is 1. The van der Waals surface area contributed by atoms with Crippen LogP contribution < -0.4 is 0 Å². The van der Waals surface area contributed by atoms with Crippen LogP contribution in [0, 0.1) is 11.3 Å². The lowest BCUT2D eigenvalue weighted by Gasteiger charge is -2.14. The van der Waals surface area contributed by atoms with Gasteiger partial charge in [0.1, 0.15) is 0 Å². The summed E-state index contributed by atoms with van der Waals surface area (Å²) in [5.41, 5.74) is 1.39. The van der Waals surface area contributed by atoms with E-state index in [4.69, 9.17) is 9.47 Å². The van der Waals surface area contributed by atoms with Crippen LogP contribution in [0.25, 0.3) is 0 Å². The first-order valence-corrected chi connectivity index (χ1v) is 8.00. The normalized spacial score (nSPS) is 23.8. The summed E-state index contributed by atoms with van der Waals surface area (Å²) in [6.45, 7) is 5.94. The van der Waals surface area contributed by atoms with Crippen molar-refractivity contribution in [1.29, 1.82) is 0 Å². The molecule has 116 valence electrons. The molecule has 0 saturated heterocycles. The highest BCUT2D eigenvalue weighted by molar-refractivity contribution is 5.76. The Morgan fingerprint density at radius 2 is 2.05 bits per heavy atom. The van der Waals surface area contributed by atoms with Gasteiger partial charge in [0, 0.05) is 6.61 Å². The molecule has 1 saturated carbocycles. The number of rotatable bonds is 9. The molecule has 0 spiro atoms. The zero-order chi connectivity index (χ0) is 15.1. The summed E-state index contributed by atoms with van der Waals surface area (Å²) >= 11 is 0. The van der Waals surface area contributed by atoms with Gasteiger partial charge in [-0.05, 0) is 43.6 Å². The average Bonchev–Trinajstić information content (AvgIpc) is 3.24. The molecule has 1 aromatic carbocycles. The third-order valence-corrected chi connectivity index (χ3v) is 4.54. The van der Waals surface area contributed by atoms with Crippen LogP contribution in [0.15, 0.2) is 30.3 Å². The Balaban J connectivity index is 1.65. The molecule has 0 aliphatic heterocycles. The highest BCUT2D eigenvalue weighted by Crippen LogP contribution is 2.58. The predicted octanol–water partition coefficient (Wildman–Crippen LogP) is 3.96. The third-order valence-electron chi connectivity index (χ3n) is 4.54. The number of esters is 1. The largest absolute Gasteiger partial charge is 0.466 e. The van der Waals surface area contributed by atoms with Crippen molar-refractivity contribution in [3.63, 3.8) is 0 Å². The van der Waals surface area contributed by atoms with Crippen molar-refractivity contribution in [3.05, 3.63) is 35.9 Å². The monoisotopic (exact) mass is 290 g/mol. The molecular weight excluding hydrogens is 264 g/mol. The standard InChI is InChI=1S/C18H26O3/c1-3-18(13-16(18)17(19)21-4-2)11-8-12-20-14-15-9-6-5-7-10-15/h5-7,9-10,16H,3-4,8,11-14H2,1-2H3. The van der Waals surface area contributed by atoms with Crippen molar-refractivity contribution in [2.75, 3.05) is 13.2 Å². The van der Waals surface area contributed by atoms with E-state index in [2.05, 4.69) is 19.1 Å². The van der Waals surface area contributed by atoms with Gasteiger partial charge in [-0.25, -0.2) is 0 Å². The van der Waals surface area contributed by atoms with Crippen LogP contribution in [0.4, 0.5) is 0 Å². The van der Waals surface area contributed by atoms with Crippen molar-refractivity contribution < 1.29 is 14.3 Å². The molecule has 0 N–H and O–H groups in total. The fourth-order valence-electron chi connectivity index (χ4n) is 3.06. The van der Waals surface area contributed by atoms with Crippen LogP contribution in [0.2, 0.25) is 0 Å². The summed E-state index contributed by atoms with van der Waals surface area (Å²) < 4.78 is 10.9. The molecule has 2 rings (SSSR count). The third kappa shape index (κ3) is 4.31. The van der Waals surface area contributed by atoms with Gasteiger partial charge in [-0.3, -0.25) is 4.79 Å². The second-order valence-electron chi connectivity index (χ2n) is 5.87. The molecule has 2 atom stereocenters. The Morgan fingerprint density at radius 3 is 2.71 bits per heavy atom. The predicted molar refractivity (Wildman–Crippen MR) is 82.8 cm³/mol. The van der Waals surface area contributed by atoms with Crippen LogP contribution in [0.3, 0.4) is 0 Å². The number of hydrogen-bond acceptors (Lipinski definition) is 3. The van der Waals surface area contributed by atoms with Crippen molar-refractivity contribution >= 4 is 5.97 Å². The van der Waals surface area contributed by atoms with Gasteiger partial charge in [0.15, 0.2) is 0 Å². The molecule has 0 amide bonds. The van der Waals surface area contributed by atoms with E-state index < -0.39 is 0 Å². The Labute approximate surface area is 127 Å². The lowest BCUT2D eigenvalue weighted by molar-refractivity contribution is -0.145. The molecule has 1 aromatic rings. The molecule has 1 aliphatic rings. The second kappa shape index (κ2) is 7.60. The highest BCUT2D eigenvalue weighted by Gasteiger charge is 2.56. The van der Waals surface area contributed by atoms with E-state index in [1.54, 1.807) is 0 Å². The van der Waals surface area contributed by atoms with Crippen molar-refractivity contribution in [2.24, 2.45) is 11.3 Å². The van der Waals surface area contributed by atoms with E-state index in [0.717, 1.165) is 32.3 Å². The number of ether oxygens (including phenoxy) is 2. The second-order valence-corrected chi connectivity index (χ2v) is 5.87.